The van der Waals surface area contributed by atoms with E-state index < -0.39 is 5.91 Å². The number of halogens is 1. The molecule has 2 N–H and O–H groups in total. The van der Waals surface area contributed by atoms with E-state index >= 15 is 0 Å². The monoisotopic (exact) mass is 325 g/mol. The number of primary amides is 1. The van der Waals surface area contributed by atoms with E-state index in [1.165, 1.54) is 6.08 Å². The number of benzodiazepines with no additional fused rings is 1. The van der Waals surface area contributed by atoms with Crippen molar-refractivity contribution in [3.8, 4) is 0 Å². The molecule has 0 aliphatic carbocycles. The highest BCUT2D eigenvalue weighted by molar-refractivity contribution is 6.31. The first-order valence-corrected chi connectivity index (χ1v) is 7.57. The van der Waals surface area contributed by atoms with Gasteiger partial charge in [0, 0.05) is 35.0 Å². The lowest BCUT2D eigenvalue weighted by Crippen LogP contribution is -2.21. The van der Waals surface area contributed by atoms with E-state index in [1.54, 1.807) is 0 Å². The highest BCUT2D eigenvalue weighted by Gasteiger charge is 2.21. The van der Waals surface area contributed by atoms with Gasteiger partial charge in [-0.15, -0.1) is 0 Å². The Bertz CT molecular complexity index is 812. The van der Waals surface area contributed by atoms with Crippen molar-refractivity contribution in [2.45, 2.75) is 0 Å². The quantitative estimate of drug-likeness (QED) is 0.863. The zero-order valence-corrected chi connectivity index (χ0v) is 13.4. The van der Waals surface area contributed by atoms with Gasteiger partial charge in [-0.05, 0) is 18.2 Å². The lowest BCUT2D eigenvalue weighted by atomic mass is 10.0. The lowest BCUT2D eigenvalue weighted by molar-refractivity contribution is -0.113. The van der Waals surface area contributed by atoms with Gasteiger partial charge < -0.3 is 10.6 Å². The van der Waals surface area contributed by atoms with Crippen LogP contribution in [0.25, 0.3) is 0 Å². The van der Waals surface area contributed by atoms with Gasteiger partial charge in [-0.3, -0.25) is 9.79 Å². The number of carbonyl (C=O) groups excluding carboxylic acids is 1. The Morgan fingerprint density at radius 1 is 1.26 bits per heavy atom. The van der Waals surface area contributed by atoms with E-state index in [9.17, 15) is 4.79 Å². The molecule has 0 bridgehead atoms. The second-order valence-electron chi connectivity index (χ2n) is 5.29. The zero-order chi connectivity index (χ0) is 16.4. The summed E-state index contributed by atoms with van der Waals surface area (Å²) in [4.78, 5) is 17.9. The van der Waals surface area contributed by atoms with Crippen molar-refractivity contribution < 1.29 is 4.79 Å². The van der Waals surface area contributed by atoms with Gasteiger partial charge in [0.2, 0.25) is 5.91 Å². The molecule has 0 saturated carbocycles. The Morgan fingerprint density at radius 2 is 2.00 bits per heavy atom. The number of rotatable bonds is 2. The van der Waals surface area contributed by atoms with E-state index in [0.29, 0.717) is 11.6 Å². The Balaban J connectivity index is 2.21. The standard InChI is InChI=1S/C18H16ClN3O/c1-22-14(10-17(20)23)11-21-18(12-5-3-2-4-6-12)15-9-13(19)7-8-16(15)22/h2-10H,11H2,1H3,(H2,20,23). The lowest BCUT2D eigenvalue weighted by Gasteiger charge is -2.22. The van der Waals surface area contributed by atoms with Gasteiger partial charge in [0.25, 0.3) is 0 Å². The summed E-state index contributed by atoms with van der Waals surface area (Å²) in [6, 6.07) is 15.6. The SMILES string of the molecule is CN1C(=CC(N)=O)CN=C(c2ccccc2)c2cc(Cl)ccc21. The molecule has 23 heavy (non-hydrogen) atoms. The number of likely N-dealkylation sites (N-methyl/N-ethyl adjacent to an activating group) is 1. The average Bonchev–Trinajstić information content (AvgIpc) is 2.66. The van der Waals surface area contributed by atoms with Crippen LogP contribution in [-0.4, -0.2) is 25.2 Å². The summed E-state index contributed by atoms with van der Waals surface area (Å²) < 4.78 is 0. The van der Waals surface area contributed by atoms with Crippen LogP contribution in [0, 0.1) is 0 Å². The van der Waals surface area contributed by atoms with Crippen LogP contribution in [0.1, 0.15) is 11.1 Å². The molecule has 1 amide bonds. The summed E-state index contributed by atoms with van der Waals surface area (Å²) >= 11 is 6.19. The van der Waals surface area contributed by atoms with Gasteiger partial charge in [-0.2, -0.15) is 0 Å². The minimum Gasteiger partial charge on any atom is -0.366 e. The molecule has 1 aliphatic heterocycles. The fourth-order valence-corrected chi connectivity index (χ4v) is 2.82. The third kappa shape index (κ3) is 3.12. The van der Waals surface area contributed by atoms with E-state index in [0.717, 1.165) is 28.2 Å². The van der Waals surface area contributed by atoms with Crippen molar-refractivity contribution in [2.24, 2.45) is 10.7 Å². The number of amides is 1. The molecule has 2 aromatic rings. The van der Waals surface area contributed by atoms with Crippen LogP contribution in [0.4, 0.5) is 5.69 Å². The molecule has 4 nitrogen and oxygen atoms in total. The Labute approximate surface area is 139 Å². The molecule has 0 atom stereocenters. The number of nitrogens with zero attached hydrogens (tertiary/aromatic N) is 2. The molecule has 0 spiro atoms. The normalized spacial score (nSPS) is 15.8. The van der Waals surface area contributed by atoms with Crippen molar-refractivity contribution in [3.05, 3.63) is 76.5 Å². The molecule has 2 aromatic carbocycles. The predicted octanol–water partition coefficient (Wildman–Crippen LogP) is 3.00. The van der Waals surface area contributed by atoms with Crippen LogP contribution in [0.2, 0.25) is 5.02 Å². The fourth-order valence-electron chi connectivity index (χ4n) is 2.65. The number of aliphatic imine (C=N–C) groups is 1. The number of anilines is 1. The first-order chi connectivity index (χ1) is 11.1. The van der Waals surface area contributed by atoms with E-state index in [-0.39, 0.29) is 0 Å². The van der Waals surface area contributed by atoms with Crippen LogP contribution >= 0.6 is 11.6 Å². The van der Waals surface area contributed by atoms with Crippen LogP contribution in [0.5, 0.6) is 0 Å². The number of benzene rings is 2. The maximum absolute atomic E-state index is 11.3. The smallest absolute Gasteiger partial charge is 0.243 e. The van der Waals surface area contributed by atoms with Crippen LogP contribution in [-0.2, 0) is 4.79 Å². The van der Waals surface area contributed by atoms with Crippen molar-refractivity contribution >= 4 is 28.9 Å². The first-order valence-electron chi connectivity index (χ1n) is 7.20. The van der Waals surface area contributed by atoms with Crippen molar-refractivity contribution in [2.75, 3.05) is 18.5 Å². The summed E-state index contributed by atoms with van der Waals surface area (Å²) in [5, 5.41) is 0.642. The molecule has 3 rings (SSSR count). The molecular formula is C18H16ClN3O. The zero-order valence-electron chi connectivity index (χ0n) is 12.7. The second-order valence-corrected chi connectivity index (χ2v) is 5.73. The molecule has 0 fully saturated rings. The van der Waals surface area contributed by atoms with Crippen LogP contribution in [0.15, 0.2) is 65.3 Å². The fraction of sp³-hybridized carbons (Fsp3) is 0.111. The van der Waals surface area contributed by atoms with Gasteiger partial charge in [0.15, 0.2) is 0 Å². The van der Waals surface area contributed by atoms with Crippen LogP contribution < -0.4 is 10.6 Å². The summed E-state index contributed by atoms with van der Waals surface area (Å²) in [6.07, 6.45) is 1.41. The van der Waals surface area contributed by atoms with Crippen LogP contribution in [0.3, 0.4) is 0 Å². The Kier molecular flexibility index (Phi) is 4.17. The number of carbonyl (C=O) groups is 1. The molecule has 5 heteroatoms. The Hall–Kier alpha value is -2.59. The molecule has 1 heterocycles. The van der Waals surface area contributed by atoms with Crippen molar-refractivity contribution in [1.29, 1.82) is 0 Å². The third-order valence-corrected chi connectivity index (χ3v) is 4.00. The van der Waals surface area contributed by atoms with Gasteiger partial charge in [-0.25, -0.2) is 0 Å². The predicted molar refractivity (Wildman–Crippen MR) is 94.1 cm³/mol. The van der Waals surface area contributed by atoms with Gasteiger partial charge in [0.05, 0.1) is 17.9 Å². The first kappa shape index (κ1) is 15.3. The largest absolute Gasteiger partial charge is 0.366 e. The van der Waals surface area contributed by atoms with Gasteiger partial charge >= 0.3 is 0 Å². The highest BCUT2D eigenvalue weighted by atomic mass is 35.5. The third-order valence-electron chi connectivity index (χ3n) is 3.76. The van der Waals surface area contributed by atoms with Crippen molar-refractivity contribution in [1.82, 2.24) is 0 Å². The highest BCUT2D eigenvalue weighted by Crippen LogP contribution is 2.31. The van der Waals surface area contributed by atoms with Crippen molar-refractivity contribution in [3.63, 3.8) is 0 Å². The molecule has 0 unspecified atom stereocenters. The average molecular weight is 326 g/mol. The Morgan fingerprint density at radius 3 is 2.70 bits per heavy atom. The van der Waals surface area contributed by atoms with E-state index in [4.69, 9.17) is 22.3 Å². The minimum absolute atomic E-state index is 0.371. The number of hydrogen-bond donors (Lipinski definition) is 1. The molecule has 0 saturated heterocycles. The number of fused-ring (bicyclic) bond motifs is 1. The van der Waals surface area contributed by atoms with E-state index in [1.807, 2.05) is 60.5 Å². The maximum Gasteiger partial charge on any atom is 0.243 e. The second kappa shape index (κ2) is 6.26. The summed E-state index contributed by atoms with van der Waals surface area (Å²) in [6.45, 7) is 0.371. The molecule has 0 aromatic heterocycles. The summed E-state index contributed by atoms with van der Waals surface area (Å²) in [7, 11) is 1.89. The summed E-state index contributed by atoms with van der Waals surface area (Å²) in [5.41, 5.74) is 9.77. The molecule has 1 aliphatic rings. The van der Waals surface area contributed by atoms with E-state index in [2.05, 4.69) is 0 Å². The molecular weight excluding hydrogens is 310 g/mol. The molecule has 0 radical (unpaired) electrons. The summed E-state index contributed by atoms with van der Waals surface area (Å²) in [5.74, 6) is -0.485. The maximum atomic E-state index is 11.3. The molecule has 116 valence electrons. The number of nitrogens with two attached hydrogens (primary N) is 1. The topological polar surface area (TPSA) is 58.7 Å². The number of hydrogen-bond acceptors (Lipinski definition) is 3. The van der Waals surface area contributed by atoms with Gasteiger partial charge in [-0.1, -0.05) is 41.9 Å². The van der Waals surface area contributed by atoms with Gasteiger partial charge in [0.1, 0.15) is 0 Å². The minimum atomic E-state index is -0.485.